The molecule has 0 N–H and O–H groups in total. The third-order valence-electron chi connectivity index (χ3n) is 5.15. The van der Waals surface area contributed by atoms with E-state index in [-0.39, 0.29) is 5.91 Å². The number of piperidine rings is 1. The summed E-state index contributed by atoms with van der Waals surface area (Å²) in [6, 6.07) is 2.58. The number of nitrogens with zero attached hydrogens (tertiary/aromatic N) is 4. The molecule has 0 unspecified atom stereocenters. The summed E-state index contributed by atoms with van der Waals surface area (Å²) in [4.78, 5) is 17.2. The first-order valence-electron chi connectivity index (χ1n) is 8.45. The van der Waals surface area contributed by atoms with Crippen LogP contribution in [0.2, 0.25) is 0 Å². The van der Waals surface area contributed by atoms with Gasteiger partial charge in [-0.05, 0) is 49.7 Å². The number of aromatic nitrogens is 3. The fourth-order valence-corrected chi connectivity index (χ4v) is 4.91. The van der Waals surface area contributed by atoms with Gasteiger partial charge < -0.3 is 9.47 Å². The van der Waals surface area contributed by atoms with Gasteiger partial charge in [-0.15, -0.1) is 21.5 Å². The van der Waals surface area contributed by atoms with Gasteiger partial charge in [-0.2, -0.15) is 0 Å². The maximum absolute atomic E-state index is 12.8. The van der Waals surface area contributed by atoms with Crippen LogP contribution in [0.3, 0.4) is 0 Å². The highest BCUT2D eigenvalue weighted by Crippen LogP contribution is 2.33. The van der Waals surface area contributed by atoms with Gasteiger partial charge in [0.2, 0.25) is 0 Å². The van der Waals surface area contributed by atoms with Crippen molar-refractivity contribution in [1.29, 1.82) is 0 Å². The van der Waals surface area contributed by atoms with E-state index in [4.69, 9.17) is 0 Å². The summed E-state index contributed by atoms with van der Waals surface area (Å²) in [5.74, 6) is 0.971. The lowest BCUT2D eigenvalue weighted by molar-refractivity contribution is 0.0699. The molecule has 1 atom stereocenters. The van der Waals surface area contributed by atoms with Crippen LogP contribution in [-0.4, -0.2) is 38.7 Å². The zero-order valence-corrected chi connectivity index (χ0v) is 14.3. The number of carbonyl (C=O) groups is 1. The van der Waals surface area contributed by atoms with Crippen molar-refractivity contribution in [2.24, 2.45) is 5.92 Å². The molecule has 0 saturated carbocycles. The zero-order valence-electron chi connectivity index (χ0n) is 13.4. The molecule has 1 saturated heterocycles. The molecular formula is C17H22N4OS. The first-order valence-corrected chi connectivity index (χ1v) is 9.27. The van der Waals surface area contributed by atoms with Crippen molar-refractivity contribution in [2.75, 3.05) is 13.1 Å². The van der Waals surface area contributed by atoms with Gasteiger partial charge in [0, 0.05) is 24.0 Å². The van der Waals surface area contributed by atoms with E-state index < -0.39 is 0 Å². The van der Waals surface area contributed by atoms with Crippen molar-refractivity contribution in [1.82, 2.24) is 19.7 Å². The van der Waals surface area contributed by atoms with Crippen LogP contribution >= 0.6 is 11.3 Å². The average Bonchev–Trinajstić information content (AvgIpc) is 3.23. The summed E-state index contributed by atoms with van der Waals surface area (Å²) in [7, 11) is 0. The van der Waals surface area contributed by atoms with Gasteiger partial charge in [0.05, 0.1) is 4.88 Å². The summed E-state index contributed by atoms with van der Waals surface area (Å²) in [5.41, 5.74) is 1.41. The van der Waals surface area contributed by atoms with Crippen LogP contribution < -0.4 is 0 Å². The maximum Gasteiger partial charge on any atom is 0.263 e. The molecule has 2 aliphatic rings. The zero-order chi connectivity index (χ0) is 15.8. The normalized spacial score (nSPS) is 22.1. The minimum Gasteiger partial charge on any atom is -0.338 e. The molecule has 3 heterocycles. The number of amides is 1. The second-order valence-electron chi connectivity index (χ2n) is 6.84. The van der Waals surface area contributed by atoms with Gasteiger partial charge in [-0.1, -0.05) is 6.92 Å². The topological polar surface area (TPSA) is 51.0 Å². The van der Waals surface area contributed by atoms with Crippen molar-refractivity contribution in [3.63, 3.8) is 0 Å². The Morgan fingerprint density at radius 2 is 1.96 bits per heavy atom. The summed E-state index contributed by atoms with van der Waals surface area (Å²) in [6.07, 6.45) is 9.04. The minimum absolute atomic E-state index is 0.222. The standard InChI is InChI=1S/C17H22N4OS/c1-12-2-3-15-13(8-12)9-16(23-15)17(22)20-6-4-14(5-7-20)21-10-18-19-11-21/h9-12,14H,2-8H2,1H3/t12-/m1/s1. The molecular weight excluding hydrogens is 308 g/mol. The van der Waals surface area contributed by atoms with Crippen LogP contribution in [0.15, 0.2) is 18.7 Å². The molecule has 1 aliphatic heterocycles. The quantitative estimate of drug-likeness (QED) is 0.851. The molecule has 1 amide bonds. The second kappa shape index (κ2) is 6.07. The number of likely N-dealkylation sites (tertiary alicyclic amines) is 1. The fourth-order valence-electron chi connectivity index (χ4n) is 3.73. The van der Waals surface area contributed by atoms with Gasteiger partial charge in [-0.3, -0.25) is 4.79 Å². The predicted molar refractivity (Wildman–Crippen MR) is 89.7 cm³/mol. The smallest absolute Gasteiger partial charge is 0.263 e. The molecule has 122 valence electrons. The Morgan fingerprint density at radius 3 is 2.70 bits per heavy atom. The highest BCUT2D eigenvalue weighted by molar-refractivity contribution is 7.14. The number of carbonyl (C=O) groups excluding carboxylic acids is 1. The third kappa shape index (κ3) is 2.92. The molecule has 0 spiro atoms. The van der Waals surface area contributed by atoms with E-state index in [1.54, 1.807) is 24.0 Å². The molecule has 6 heteroatoms. The lowest BCUT2D eigenvalue weighted by Crippen LogP contribution is -2.38. The summed E-state index contributed by atoms with van der Waals surface area (Å²) in [5, 5.41) is 7.75. The molecule has 1 aliphatic carbocycles. The minimum atomic E-state index is 0.222. The number of hydrogen-bond acceptors (Lipinski definition) is 4. The molecule has 23 heavy (non-hydrogen) atoms. The Hall–Kier alpha value is -1.69. The van der Waals surface area contributed by atoms with Crippen molar-refractivity contribution < 1.29 is 4.79 Å². The van der Waals surface area contributed by atoms with Crippen molar-refractivity contribution in [2.45, 2.75) is 45.1 Å². The Labute approximate surface area is 140 Å². The molecule has 0 radical (unpaired) electrons. The Bertz CT molecular complexity index is 686. The van der Waals surface area contributed by atoms with E-state index in [2.05, 4.69) is 27.8 Å². The number of fused-ring (bicyclic) bond motifs is 1. The van der Waals surface area contributed by atoms with E-state index in [1.807, 2.05) is 4.90 Å². The lowest BCUT2D eigenvalue weighted by atomic mass is 9.90. The van der Waals surface area contributed by atoms with Crippen LogP contribution in [0, 0.1) is 5.92 Å². The third-order valence-corrected chi connectivity index (χ3v) is 6.38. The van der Waals surface area contributed by atoms with Crippen molar-refractivity contribution in [3.05, 3.63) is 34.0 Å². The van der Waals surface area contributed by atoms with Gasteiger partial charge >= 0.3 is 0 Å². The Balaban J connectivity index is 1.42. The highest BCUT2D eigenvalue weighted by Gasteiger charge is 2.27. The van der Waals surface area contributed by atoms with Crippen molar-refractivity contribution in [3.8, 4) is 0 Å². The number of rotatable bonds is 2. The van der Waals surface area contributed by atoms with E-state index >= 15 is 0 Å². The molecule has 1 fully saturated rings. The number of aryl methyl sites for hydroxylation is 1. The average molecular weight is 330 g/mol. The Morgan fingerprint density at radius 1 is 1.22 bits per heavy atom. The fraction of sp³-hybridized carbons (Fsp3) is 0.588. The van der Waals surface area contributed by atoms with Gasteiger partial charge in [0.1, 0.15) is 12.7 Å². The van der Waals surface area contributed by atoms with Gasteiger partial charge in [-0.25, -0.2) is 0 Å². The van der Waals surface area contributed by atoms with Crippen LogP contribution in [0.25, 0.3) is 0 Å². The molecule has 0 aromatic carbocycles. The summed E-state index contributed by atoms with van der Waals surface area (Å²) in [6.45, 7) is 3.94. The van der Waals surface area contributed by atoms with E-state index in [0.29, 0.717) is 6.04 Å². The molecule has 4 rings (SSSR count). The monoisotopic (exact) mass is 330 g/mol. The van der Waals surface area contributed by atoms with Crippen LogP contribution in [-0.2, 0) is 12.8 Å². The van der Waals surface area contributed by atoms with Crippen molar-refractivity contribution >= 4 is 17.2 Å². The summed E-state index contributed by atoms with van der Waals surface area (Å²) >= 11 is 1.72. The van der Waals surface area contributed by atoms with Crippen LogP contribution in [0.1, 0.15) is 52.3 Å². The van der Waals surface area contributed by atoms with Crippen LogP contribution in [0.4, 0.5) is 0 Å². The van der Waals surface area contributed by atoms with Crippen LogP contribution in [0.5, 0.6) is 0 Å². The van der Waals surface area contributed by atoms with Gasteiger partial charge in [0.25, 0.3) is 5.91 Å². The number of hydrogen-bond donors (Lipinski definition) is 0. The second-order valence-corrected chi connectivity index (χ2v) is 7.98. The lowest BCUT2D eigenvalue weighted by Gasteiger charge is -2.32. The van der Waals surface area contributed by atoms with E-state index in [0.717, 1.165) is 49.6 Å². The van der Waals surface area contributed by atoms with Gasteiger partial charge in [0.15, 0.2) is 0 Å². The molecule has 2 aromatic rings. The maximum atomic E-state index is 12.8. The SMILES string of the molecule is C[C@@H]1CCc2sc(C(=O)N3CCC(n4cnnc4)CC3)cc2C1. The number of thiophene rings is 1. The predicted octanol–water partition coefficient (Wildman–Crippen LogP) is 2.94. The largest absolute Gasteiger partial charge is 0.338 e. The molecule has 5 nitrogen and oxygen atoms in total. The van der Waals surface area contributed by atoms with E-state index in [1.165, 1.54) is 16.9 Å². The highest BCUT2D eigenvalue weighted by atomic mass is 32.1. The first kappa shape index (κ1) is 14.9. The molecule has 0 bridgehead atoms. The Kier molecular flexibility index (Phi) is 3.93. The first-order chi connectivity index (χ1) is 11.2. The molecule has 2 aromatic heterocycles. The van der Waals surface area contributed by atoms with E-state index in [9.17, 15) is 4.79 Å². The summed E-state index contributed by atoms with van der Waals surface area (Å²) < 4.78 is 2.06.